The van der Waals surface area contributed by atoms with E-state index in [9.17, 15) is 26.3 Å². The summed E-state index contributed by atoms with van der Waals surface area (Å²) < 4.78 is 80.8. The molecule has 6 fully saturated rings. The first-order chi connectivity index (χ1) is 11.1. The molecule has 24 heavy (non-hydrogen) atoms. The zero-order valence-electron chi connectivity index (χ0n) is 13.8. The molecule has 0 aromatic rings. The fraction of sp³-hybridized carbons (Fsp3) is 1.00. The zero-order valence-corrected chi connectivity index (χ0v) is 13.8. The Kier molecular flexibility index (Phi) is 5.14. The van der Waals surface area contributed by atoms with Crippen LogP contribution in [0.3, 0.4) is 0 Å². The van der Waals surface area contributed by atoms with Gasteiger partial charge in [-0.25, -0.2) is 0 Å². The standard InChI is InChI=1S/C18H26F6/c19-17(20,21)15-10-14-8-6-12-2-1-11(3-4-12)5-7-13(15)9-16(14)18(22,23)24/h11-16H,1-10H2. The summed E-state index contributed by atoms with van der Waals surface area (Å²) in [5, 5.41) is 0. The molecule has 0 spiro atoms. The molecule has 0 heterocycles. The van der Waals surface area contributed by atoms with Crippen LogP contribution in [0.2, 0.25) is 0 Å². The molecule has 6 aliphatic carbocycles. The van der Waals surface area contributed by atoms with E-state index in [2.05, 4.69) is 0 Å². The molecule has 6 heteroatoms. The zero-order chi connectivity index (χ0) is 17.5. The Morgan fingerprint density at radius 2 is 0.750 bits per heavy atom. The van der Waals surface area contributed by atoms with E-state index in [1.54, 1.807) is 0 Å². The lowest BCUT2D eigenvalue weighted by atomic mass is 9.63. The van der Waals surface area contributed by atoms with Crippen LogP contribution in [0.25, 0.3) is 0 Å². The average Bonchev–Trinajstić information content (AvgIpc) is 2.47. The normalized spacial score (nSPS) is 41.8. The van der Waals surface area contributed by atoms with Crippen LogP contribution in [0.15, 0.2) is 0 Å². The maximum Gasteiger partial charge on any atom is 0.392 e. The predicted molar refractivity (Wildman–Crippen MR) is 79.2 cm³/mol. The largest absolute Gasteiger partial charge is 0.392 e. The average molecular weight is 356 g/mol. The summed E-state index contributed by atoms with van der Waals surface area (Å²) in [6.45, 7) is 0. The van der Waals surface area contributed by atoms with Gasteiger partial charge in [0, 0.05) is 0 Å². The highest BCUT2D eigenvalue weighted by molar-refractivity contribution is 4.93. The SMILES string of the molecule is FC(F)(F)C1CC2CCC3CCC(CC3)CCC1CC2C(F)(F)F. The van der Waals surface area contributed by atoms with Crippen molar-refractivity contribution in [1.29, 1.82) is 0 Å². The van der Waals surface area contributed by atoms with Gasteiger partial charge in [-0.05, 0) is 49.4 Å². The van der Waals surface area contributed by atoms with Gasteiger partial charge in [-0.2, -0.15) is 26.3 Å². The molecule has 6 rings (SSSR count). The second kappa shape index (κ2) is 6.71. The number of rotatable bonds is 0. The Labute approximate surface area is 139 Å². The fourth-order valence-corrected chi connectivity index (χ4v) is 5.51. The smallest absolute Gasteiger partial charge is 0.171 e. The van der Waals surface area contributed by atoms with E-state index in [0.29, 0.717) is 37.5 Å². The summed E-state index contributed by atoms with van der Waals surface area (Å²) >= 11 is 0. The quantitative estimate of drug-likeness (QED) is 0.421. The first-order valence-corrected chi connectivity index (χ1v) is 9.28. The molecular formula is C18H26F6. The third-order valence-corrected chi connectivity index (χ3v) is 6.95. The Bertz CT molecular complexity index is 378. The van der Waals surface area contributed by atoms with Gasteiger partial charge in [0.1, 0.15) is 0 Å². The summed E-state index contributed by atoms with van der Waals surface area (Å²) in [5.74, 6) is -3.97. The Balaban J connectivity index is 1.86. The highest BCUT2D eigenvalue weighted by atomic mass is 19.4. The molecule has 0 nitrogen and oxygen atoms in total. The molecule has 0 N–H and O–H groups in total. The van der Waals surface area contributed by atoms with Crippen molar-refractivity contribution in [2.24, 2.45) is 35.5 Å². The molecule has 0 aliphatic heterocycles. The third kappa shape index (κ3) is 4.04. The maximum atomic E-state index is 13.5. The molecule has 0 amide bonds. The van der Waals surface area contributed by atoms with Crippen molar-refractivity contribution in [3.8, 4) is 0 Å². The van der Waals surface area contributed by atoms with Gasteiger partial charge in [0.25, 0.3) is 0 Å². The van der Waals surface area contributed by atoms with E-state index in [1.807, 2.05) is 0 Å². The fourth-order valence-electron chi connectivity index (χ4n) is 5.51. The van der Waals surface area contributed by atoms with Gasteiger partial charge in [0.05, 0.1) is 11.8 Å². The Morgan fingerprint density at radius 3 is 1.04 bits per heavy atom. The van der Waals surface area contributed by atoms with Crippen molar-refractivity contribution in [3.63, 3.8) is 0 Å². The molecule has 0 radical (unpaired) electrons. The first-order valence-electron chi connectivity index (χ1n) is 9.28. The number of halogens is 6. The van der Waals surface area contributed by atoms with Crippen LogP contribution < -0.4 is 0 Å². The molecule has 0 saturated heterocycles. The molecule has 4 bridgehead atoms. The van der Waals surface area contributed by atoms with Crippen LogP contribution in [-0.4, -0.2) is 12.4 Å². The van der Waals surface area contributed by atoms with Crippen molar-refractivity contribution in [2.45, 2.75) is 76.6 Å². The molecule has 4 unspecified atom stereocenters. The minimum Gasteiger partial charge on any atom is -0.171 e. The van der Waals surface area contributed by atoms with Crippen LogP contribution in [0, 0.1) is 35.5 Å². The van der Waals surface area contributed by atoms with Gasteiger partial charge in [0.15, 0.2) is 0 Å². The molecular weight excluding hydrogens is 330 g/mol. The van der Waals surface area contributed by atoms with Gasteiger partial charge < -0.3 is 0 Å². The lowest BCUT2D eigenvalue weighted by Gasteiger charge is -2.44. The van der Waals surface area contributed by atoms with E-state index in [-0.39, 0.29) is 12.8 Å². The van der Waals surface area contributed by atoms with Crippen molar-refractivity contribution in [2.75, 3.05) is 0 Å². The monoisotopic (exact) mass is 356 g/mol. The highest BCUT2D eigenvalue weighted by Gasteiger charge is 2.55. The van der Waals surface area contributed by atoms with Crippen LogP contribution in [0.1, 0.15) is 64.2 Å². The van der Waals surface area contributed by atoms with E-state index in [0.717, 1.165) is 25.7 Å². The van der Waals surface area contributed by atoms with E-state index in [1.165, 1.54) is 0 Å². The lowest BCUT2D eigenvalue weighted by Crippen LogP contribution is -2.45. The Morgan fingerprint density at radius 1 is 0.458 bits per heavy atom. The summed E-state index contributed by atoms with van der Waals surface area (Å²) in [6, 6.07) is 0. The van der Waals surface area contributed by atoms with Crippen molar-refractivity contribution in [3.05, 3.63) is 0 Å². The Hall–Kier alpha value is -0.420. The van der Waals surface area contributed by atoms with Gasteiger partial charge in [-0.1, -0.05) is 38.5 Å². The van der Waals surface area contributed by atoms with Gasteiger partial charge in [0.2, 0.25) is 0 Å². The molecule has 0 aromatic heterocycles. The minimum atomic E-state index is -4.37. The molecule has 4 atom stereocenters. The predicted octanol–water partition coefficient (Wildman–Crippen LogP) is 6.75. The second-order valence-electron chi connectivity index (χ2n) is 8.33. The summed E-state index contributed by atoms with van der Waals surface area (Å²) in [6.07, 6.45) is -3.28. The highest BCUT2D eigenvalue weighted by Crippen LogP contribution is 2.54. The van der Waals surface area contributed by atoms with Crippen LogP contribution in [-0.2, 0) is 0 Å². The van der Waals surface area contributed by atoms with E-state index >= 15 is 0 Å². The van der Waals surface area contributed by atoms with Crippen LogP contribution in [0.4, 0.5) is 26.3 Å². The summed E-state index contributed by atoms with van der Waals surface area (Å²) in [4.78, 5) is 0. The topological polar surface area (TPSA) is 0 Å². The van der Waals surface area contributed by atoms with Crippen molar-refractivity contribution < 1.29 is 26.3 Å². The first kappa shape index (κ1) is 18.4. The van der Waals surface area contributed by atoms with Gasteiger partial charge >= 0.3 is 12.4 Å². The van der Waals surface area contributed by atoms with Crippen LogP contribution >= 0.6 is 0 Å². The van der Waals surface area contributed by atoms with Gasteiger partial charge in [-0.15, -0.1) is 0 Å². The summed E-state index contributed by atoms with van der Waals surface area (Å²) in [7, 11) is 0. The molecule has 0 aromatic carbocycles. The van der Waals surface area contributed by atoms with E-state index < -0.39 is 36.0 Å². The second-order valence-corrected chi connectivity index (χ2v) is 8.33. The van der Waals surface area contributed by atoms with Gasteiger partial charge in [-0.3, -0.25) is 0 Å². The number of hydrogen-bond acceptors (Lipinski definition) is 0. The van der Waals surface area contributed by atoms with E-state index in [4.69, 9.17) is 0 Å². The third-order valence-electron chi connectivity index (χ3n) is 6.95. The lowest BCUT2D eigenvalue weighted by molar-refractivity contribution is -0.243. The van der Waals surface area contributed by atoms with Crippen molar-refractivity contribution in [1.82, 2.24) is 0 Å². The minimum absolute atomic E-state index is 0.304. The van der Waals surface area contributed by atoms with Crippen LogP contribution in [0.5, 0.6) is 0 Å². The maximum absolute atomic E-state index is 13.5. The molecule has 140 valence electrons. The van der Waals surface area contributed by atoms with Crippen molar-refractivity contribution >= 4 is 0 Å². The number of alkyl halides is 6. The molecule has 6 aliphatic rings. The summed E-state index contributed by atoms with van der Waals surface area (Å²) in [5.41, 5.74) is 0. The number of hydrogen-bond donors (Lipinski definition) is 0. The molecule has 6 saturated carbocycles.